The Labute approximate surface area is 212 Å². The summed E-state index contributed by atoms with van der Waals surface area (Å²) >= 11 is 0. The molecular formula is C29H37FN4O2. The monoisotopic (exact) mass is 492 g/mol. The van der Waals surface area contributed by atoms with E-state index in [0.29, 0.717) is 36.3 Å². The molecule has 0 bridgehead atoms. The average Bonchev–Trinajstić information content (AvgIpc) is 3.22. The van der Waals surface area contributed by atoms with Crippen molar-refractivity contribution in [1.82, 2.24) is 20.4 Å². The second-order valence-electron chi connectivity index (χ2n) is 11.0. The van der Waals surface area contributed by atoms with Gasteiger partial charge in [-0.3, -0.25) is 14.3 Å². The molecule has 1 fully saturated rings. The molecule has 1 saturated carbocycles. The van der Waals surface area contributed by atoms with Crippen LogP contribution in [0.4, 0.5) is 4.39 Å². The minimum Gasteiger partial charge on any atom is -0.354 e. The molecule has 1 aromatic heterocycles. The lowest BCUT2D eigenvalue weighted by atomic mass is 9.86. The Morgan fingerprint density at radius 1 is 1.06 bits per heavy atom. The van der Waals surface area contributed by atoms with Crippen LogP contribution in [0.15, 0.2) is 48.5 Å². The summed E-state index contributed by atoms with van der Waals surface area (Å²) in [6.45, 7) is 6.79. The molecule has 2 N–H and O–H groups in total. The van der Waals surface area contributed by atoms with Gasteiger partial charge in [-0.05, 0) is 42.2 Å². The second-order valence-corrected chi connectivity index (χ2v) is 11.0. The van der Waals surface area contributed by atoms with Gasteiger partial charge in [-0.2, -0.15) is 5.10 Å². The molecule has 2 aromatic carbocycles. The molecule has 0 radical (unpaired) electrons. The van der Waals surface area contributed by atoms with Crippen LogP contribution in [0.2, 0.25) is 0 Å². The summed E-state index contributed by atoms with van der Waals surface area (Å²) in [5.41, 5.74) is 1.11. The first kappa shape index (κ1) is 25.9. The predicted molar refractivity (Wildman–Crippen MR) is 140 cm³/mol. The van der Waals surface area contributed by atoms with Crippen LogP contribution in [-0.4, -0.2) is 34.2 Å². The molecule has 1 heterocycles. The van der Waals surface area contributed by atoms with Crippen LogP contribution in [0.25, 0.3) is 10.9 Å². The van der Waals surface area contributed by atoms with Gasteiger partial charge in [0.1, 0.15) is 17.4 Å². The first-order chi connectivity index (χ1) is 17.2. The molecular weight excluding hydrogens is 455 g/mol. The van der Waals surface area contributed by atoms with Crippen molar-refractivity contribution >= 4 is 22.7 Å². The Morgan fingerprint density at radius 3 is 2.47 bits per heavy atom. The van der Waals surface area contributed by atoms with Crippen LogP contribution in [0.3, 0.4) is 0 Å². The lowest BCUT2D eigenvalue weighted by molar-refractivity contribution is -0.125. The van der Waals surface area contributed by atoms with Gasteiger partial charge in [0.05, 0.1) is 0 Å². The number of nitrogens with zero attached hydrogens (tertiary/aromatic N) is 2. The molecule has 1 unspecified atom stereocenters. The van der Waals surface area contributed by atoms with Crippen LogP contribution in [0.5, 0.6) is 0 Å². The maximum Gasteiger partial charge on any atom is 0.273 e. The highest BCUT2D eigenvalue weighted by Crippen LogP contribution is 2.29. The van der Waals surface area contributed by atoms with Crippen molar-refractivity contribution in [3.8, 4) is 0 Å². The van der Waals surface area contributed by atoms with E-state index in [1.54, 1.807) is 16.8 Å². The van der Waals surface area contributed by atoms with Gasteiger partial charge < -0.3 is 10.6 Å². The molecule has 36 heavy (non-hydrogen) atoms. The molecule has 4 rings (SSSR count). The van der Waals surface area contributed by atoms with E-state index < -0.39 is 17.4 Å². The average molecular weight is 493 g/mol. The van der Waals surface area contributed by atoms with Gasteiger partial charge in [-0.25, -0.2) is 4.39 Å². The summed E-state index contributed by atoms with van der Waals surface area (Å²) in [5, 5.41) is 10.9. The first-order valence-corrected chi connectivity index (χ1v) is 13.0. The Balaban J connectivity index is 1.52. The quantitative estimate of drug-likeness (QED) is 0.450. The van der Waals surface area contributed by atoms with E-state index in [1.807, 2.05) is 51.1 Å². The van der Waals surface area contributed by atoms with Crippen molar-refractivity contribution in [2.75, 3.05) is 6.54 Å². The minimum absolute atomic E-state index is 0.159. The fourth-order valence-electron chi connectivity index (χ4n) is 5.06. The van der Waals surface area contributed by atoms with Gasteiger partial charge in [-0.15, -0.1) is 0 Å². The zero-order chi connectivity index (χ0) is 25.7. The minimum atomic E-state index is -0.770. The third-order valence-electron chi connectivity index (χ3n) is 7.05. The fourth-order valence-corrected chi connectivity index (χ4v) is 5.06. The van der Waals surface area contributed by atoms with Gasteiger partial charge in [0.2, 0.25) is 5.91 Å². The number of benzene rings is 2. The lowest BCUT2D eigenvalue weighted by Gasteiger charge is -2.30. The number of nitrogens with one attached hydrogen (secondary N) is 2. The summed E-state index contributed by atoms with van der Waals surface area (Å²) in [7, 11) is 0. The topological polar surface area (TPSA) is 76.0 Å². The van der Waals surface area contributed by atoms with Crippen LogP contribution in [-0.2, 0) is 17.8 Å². The molecule has 1 aliphatic carbocycles. The van der Waals surface area contributed by atoms with E-state index in [9.17, 15) is 14.0 Å². The zero-order valence-corrected chi connectivity index (χ0v) is 21.5. The molecule has 3 aromatic rings. The zero-order valence-electron chi connectivity index (χ0n) is 21.5. The van der Waals surface area contributed by atoms with E-state index >= 15 is 0 Å². The summed E-state index contributed by atoms with van der Waals surface area (Å²) in [6, 6.07) is 13.9. The van der Waals surface area contributed by atoms with E-state index in [1.165, 1.54) is 25.3 Å². The number of amides is 2. The number of fused-ring (bicyclic) bond motifs is 1. The third-order valence-corrected chi connectivity index (χ3v) is 7.05. The Bertz CT molecular complexity index is 1190. The molecule has 6 nitrogen and oxygen atoms in total. The van der Waals surface area contributed by atoms with E-state index in [0.717, 1.165) is 18.4 Å². The van der Waals surface area contributed by atoms with Gasteiger partial charge >= 0.3 is 0 Å². The molecule has 0 spiro atoms. The smallest absolute Gasteiger partial charge is 0.273 e. The summed E-state index contributed by atoms with van der Waals surface area (Å²) < 4.78 is 16.5. The summed E-state index contributed by atoms with van der Waals surface area (Å²) in [6.07, 6.45) is 6.46. The standard InChI is InChI=1S/C29H37FN4O2/c1-29(2,3)26(28(36)31-18-17-20-11-6-4-7-12-20)32-27(35)24-22-15-10-16-23(30)25(22)34(33-24)19-21-13-8-5-9-14-21/h4,6-7,10-12,15-16,21,26H,5,8-9,13-14,17-19H2,1-3H3,(H,31,36)(H,32,35). The molecule has 7 heteroatoms. The number of carbonyl (C=O) groups is 2. The molecule has 2 amide bonds. The van der Waals surface area contributed by atoms with Crippen molar-refractivity contribution in [2.45, 2.75) is 71.9 Å². The van der Waals surface area contributed by atoms with Crippen LogP contribution < -0.4 is 10.6 Å². The van der Waals surface area contributed by atoms with E-state index in [-0.39, 0.29) is 17.4 Å². The number of halogens is 1. The number of rotatable bonds is 8. The molecule has 0 saturated heterocycles. The van der Waals surface area contributed by atoms with Gasteiger partial charge in [-0.1, -0.05) is 82.5 Å². The van der Waals surface area contributed by atoms with Crippen molar-refractivity contribution in [1.29, 1.82) is 0 Å². The van der Waals surface area contributed by atoms with Gasteiger partial charge in [0.25, 0.3) is 5.91 Å². The lowest BCUT2D eigenvalue weighted by Crippen LogP contribution is -2.54. The Hall–Kier alpha value is -3.22. The maximum atomic E-state index is 14.9. The Morgan fingerprint density at radius 2 is 1.78 bits per heavy atom. The van der Waals surface area contributed by atoms with Crippen LogP contribution in [0.1, 0.15) is 68.9 Å². The van der Waals surface area contributed by atoms with E-state index in [2.05, 4.69) is 15.7 Å². The number of aromatic nitrogens is 2. The highest BCUT2D eigenvalue weighted by Gasteiger charge is 2.34. The molecule has 192 valence electrons. The Kier molecular flexibility index (Phi) is 8.07. The van der Waals surface area contributed by atoms with Crippen LogP contribution in [0, 0.1) is 17.2 Å². The highest BCUT2D eigenvalue weighted by atomic mass is 19.1. The normalized spacial score (nSPS) is 15.6. The number of carbonyl (C=O) groups excluding carboxylic acids is 2. The van der Waals surface area contributed by atoms with Crippen molar-refractivity contribution < 1.29 is 14.0 Å². The summed E-state index contributed by atoms with van der Waals surface area (Å²) in [5.74, 6) is -0.675. The largest absolute Gasteiger partial charge is 0.354 e. The SMILES string of the molecule is CC(C)(C)C(NC(=O)c1nn(CC2CCCCC2)c2c(F)cccc12)C(=O)NCCc1ccccc1. The van der Waals surface area contributed by atoms with Crippen molar-refractivity contribution in [2.24, 2.45) is 11.3 Å². The second kappa shape index (κ2) is 11.2. The fraction of sp³-hybridized carbons (Fsp3) is 0.483. The van der Waals surface area contributed by atoms with Crippen molar-refractivity contribution in [3.63, 3.8) is 0 Å². The third kappa shape index (κ3) is 6.12. The molecule has 1 aliphatic rings. The van der Waals surface area contributed by atoms with Gasteiger partial charge in [0.15, 0.2) is 5.69 Å². The molecule has 1 atom stereocenters. The van der Waals surface area contributed by atoms with Gasteiger partial charge in [0, 0.05) is 18.5 Å². The number of hydrogen-bond acceptors (Lipinski definition) is 3. The first-order valence-electron chi connectivity index (χ1n) is 13.0. The highest BCUT2D eigenvalue weighted by molar-refractivity contribution is 6.06. The number of hydrogen-bond donors (Lipinski definition) is 2. The van der Waals surface area contributed by atoms with E-state index in [4.69, 9.17) is 0 Å². The molecule has 0 aliphatic heterocycles. The van der Waals surface area contributed by atoms with Crippen molar-refractivity contribution in [3.05, 3.63) is 65.6 Å². The predicted octanol–water partition coefficient (Wildman–Crippen LogP) is 5.26. The number of para-hydroxylation sites is 1. The maximum absolute atomic E-state index is 14.9. The van der Waals surface area contributed by atoms with Crippen LogP contribution >= 0.6 is 0 Å². The summed E-state index contributed by atoms with van der Waals surface area (Å²) in [4.78, 5) is 26.6.